The van der Waals surface area contributed by atoms with Crippen LogP contribution in [0.4, 0.5) is 0 Å². The maximum Gasteiger partial charge on any atom is 0.225 e. The number of carbonyl (C=O) groups excluding carboxylic acids is 1. The summed E-state index contributed by atoms with van der Waals surface area (Å²) in [6.45, 7) is 3.95. The van der Waals surface area contributed by atoms with Gasteiger partial charge in [-0.3, -0.25) is 4.79 Å². The molecule has 21 heavy (non-hydrogen) atoms. The van der Waals surface area contributed by atoms with Crippen molar-refractivity contribution in [3.05, 3.63) is 47.2 Å². The van der Waals surface area contributed by atoms with Gasteiger partial charge in [0.2, 0.25) is 5.91 Å². The zero-order chi connectivity index (χ0) is 14.9. The monoisotopic (exact) mass is 286 g/mol. The molecule has 0 atom stereocenters. The summed E-state index contributed by atoms with van der Waals surface area (Å²) in [5.41, 5.74) is 3.79. The number of amides is 1. The third-order valence-corrected chi connectivity index (χ3v) is 4.00. The summed E-state index contributed by atoms with van der Waals surface area (Å²) in [5, 5.41) is 6.46. The molecule has 0 unspecified atom stereocenters. The van der Waals surface area contributed by atoms with Gasteiger partial charge in [-0.1, -0.05) is 35.9 Å². The van der Waals surface area contributed by atoms with E-state index in [9.17, 15) is 4.79 Å². The highest BCUT2D eigenvalue weighted by Gasteiger charge is 2.09. The van der Waals surface area contributed by atoms with E-state index in [1.807, 2.05) is 6.07 Å². The Morgan fingerprint density at radius 2 is 1.81 bits per heavy atom. The Labute approximate surface area is 127 Å². The first-order chi connectivity index (χ1) is 10.3. The van der Waals surface area contributed by atoms with Crippen molar-refractivity contribution in [2.75, 3.05) is 13.1 Å². The third kappa shape index (κ3) is 5.72. The fourth-order valence-electron chi connectivity index (χ4n) is 2.65. The van der Waals surface area contributed by atoms with E-state index >= 15 is 0 Å². The molecule has 0 fully saturated rings. The molecule has 1 aliphatic heterocycles. The van der Waals surface area contributed by atoms with Crippen molar-refractivity contribution in [3.8, 4) is 0 Å². The number of rotatable bonds is 3. The number of aryl methyl sites for hydroxylation is 1. The van der Waals surface area contributed by atoms with Crippen LogP contribution >= 0.6 is 0 Å². The normalized spacial score (nSPS) is 21.5. The van der Waals surface area contributed by atoms with E-state index in [-0.39, 0.29) is 5.91 Å². The summed E-state index contributed by atoms with van der Waals surface area (Å²) < 4.78 is 0. The lowest BCUT2D eigenvalue weighted by molar-refractivity contribution is -0.120. The van der Waals surface area contributed by atoms with Crippen LogP contribution in [0.5, 0.6) is 0 Å². The Kier molecular flexibility index (Phi) is 6.48. The van der Waals surface area contributed by atoms with Crippen molar-refractivity contribution >= 4 is 5.91 Å². The molecule has 1 amide bonds. The lowest BCUT2D eigenvalue weighted by Crippen LogP contribution is -2.28. The minimum atomic E-state index is 0.131. The maximum absolute atomic E-state index is 12.0. The van der Waals surface area contributed by atoms with Gasteiger partial charge < -0.3 is 10.6 Å². The topological polar surface area (TPSA) is 41.1 Å². The maximum atomic E-state index is 12.0. The Bertz CT molecular complexity index is 479. The van der Waals surface area contributed by atoms with Gasteiger partial charge in [0.1, 0.15) is 0 Å². The van der Waals surface area contributed by atoms with Crippen molar-refractivity contribution < 1.29 is 4.79 Å². The molecule has 2 rings (SSSR count). The third-order valence-electron chi connectivity index (χ3n) is 4.00. The van der Waals surface area contributed by atoms with Crippen molar-refractivity contribution in [1.29, 1.82) is 0 Å². The standard InChI is InChI=1S/C18H26N2O/c1-15-7-5-6-13-19-14-12-18(21)20-17(15)11-10-16-8-3-2-4-9-16/h2-4,8-9,19H,5-7,10-14H2,1H3,(H,20,21)/b17-15+. The summed E-state index contributed by atoms with van der Waals surface area (Å²) in [6.07, 6.45) is 5.89. The van der Waals surface area contributed by atoms with Crippen LogP contribution in [0.2, 0.25) is 0 Å². The smallest absolute Gasteiger partial charge is 0.225 e. The van der Waals surface area contributed by atoms with Gasteiger partial charge >= 0.3 is 0 Å². The molecule has 0 bridgehead atoms. The molecule has 0 saturated heterocycles. The van der Waals surface area contributed by atoms with Crippen LogP contribution in [0.15, 0.2) is 41.6 Å². The second kappa shape index (κ2) is 8.63. The summed E-state index contributed by atoms with van der Waals surface area (Å²) in [6, 6.07) is 10.5. The molecule has 3 nitrogen and oxygen atoms in total. The summed E-state index contributed by atoms with van der Waals surface area (Å²) in [5.74, 6) is 0.131. The minimum Gasteiger partial charge on any atom is -0.330 e. The molecular formula is C18H26N2O. The fraction of sp³-hybridized carbons (Fsp3) is 0.500. The van der Waals surface area contributed by atoms with Gasteiger partial charge in [-0.15, -0.1) is 0 Å². The van der Waals surface area contributed by atoms with Crippen molar-refractivity contribution in [2.24, 2.45) is 0 Å². The van der Waals surface area contributed by atoms with E-state index < -0.39 is 0 Å². The fourth-order valence-corrected chi connectivity index (χ4v) is 2.65. The van der Waals surface area contributed by atoms with Crippen molar-refractivity contribution in [3.63, 3.8) is 0 Å². The van der Waals surface area contributed by atoms with Gasteiger partial charge in [-0.2, -0.15) is 0 Å². The van der Waals surface area contributed by atoms with E-state index in [1.165, 1.54) is 24.0 Å². The average Bonchev–Trinajstić information content (AvgIpc) is 2.53. The second-order valence-electron chi connectivity index (χ2n) is 5.75. The molecular weight excluding hydrogens is 260 g/mol. The molecule has 0 saturated carbocycles. The highest BCUT2D eigenvalue weighted by atomic mass is 16.1. The Morgan fingerprint density at radius 1 is 1.00 bits per heavy atom. The predicted octanol–water partition coefficient (Wildman–Crippen LogP) is 3.17. The van der Waals surface area contributed by atoms with Gasteiger partial charge in [0.05, 0.1) is 0 Å². The number of carbonyl (C=O) groups is 1. The van der Waals surface area contributed by atoms with Gasteiger partial charge in [0.15, 0.2) is 0 Å². The molecule has 1 aromatic rings. The molecule has 0 spiro atoms. The van der Waals surface area contributed by atoms with E-state index in [0.717, 1.165) is 38.0 Å². The predicted molar refractivity (Wildman–Crippen MR) is 86.9 cm³/mol. The average molecular weight is 286 g/mol. The largest absolute Gasteiger partial charge is 0.330 e. The van der Waals surface area contributed by atoms with Crippen LogP contribution in [-0.2, 0) is 11.2 Å². The molecule has 114 valence electrons. The molecule has 2 N–H and O–H groups in total. The molecule has 0 radical (unpaired) electrons. The highest BCUT2D eigenvalue weighted by Crippen LogP contribution is 2.16. The number of benzene rings is 1. The van der Waals surface area contributed by atoms with E-state index in [1.54, 1.807) is 0 Å². The van der Waals surface area contributed by atoms with Crippen molar-refractivity contribution in [2.45, 2.75) is 45.4 Å². The number of hydrogen-bond donors (Lipinski definition) is 2. The SMILES string of the molecule is C/C1=C(/CCc2ccccc2)NC(=O)CCNCCCC1. The zero-order valence-corrected chi connectivity index (χ0v) is 13.0. The molecule has 1 aromatic carbocycles. The van der Waals surface area contributed by atoms with Gasteiger partial charge in [0, 0.05) is 18.7 Å². The number of hydrogen-bond acceptors (Lipinski definition) is 2. The quantitative estimate of drug-likeness (QED) is 0.896. The van der Waals surface area contributed by atoms with Gasteiger partial charge in [-0.05, 0) is 51.1 Å². The first-order valence-corrected chi connectivity index (χ1v) is 7.99. The van der Waals surface area contributed by atoms with Crippen LogP contribution in [-0.4, -0.2) is 19.0 Å². The minimum absolute atomic E-state index is 0.131. The van der Waals surface area contributed by atoms with Crippen LogP contribution in [0.3, 0.4) is 0 Å². The van der Waals surface area contributed by atoms with Gasteiger partial charge in [0.25, 0.3) is 0 Å². The van der Waals surface area contributed by atoms with Crippen LogP contribution < -0.4 is 10.6 Å². The highest BCUT2D eigenvalue weighted by molar-refractivity contribution is 5.78. The molecule has 0 aliphatic carbocycles. The number of allylic oxidation sites excluding steroid dienone is 2. The lowest BCUT2D eigenvalue weighted by atomic mass is 10.0. The van der Waals surface area contributed by atoms with E-state index in [2.05, 4.69) is 41.8 Å². The van der Waals surface area contributed by atoms with Crippen molar-refractivity contribution in [1.82, 2.24) is 10.6 Å². The van der Waals surface area contributed by atoms with E-state index in [4.69, 9.17) is 0 Å². The molecule has 1 heterocycles. The molecule has 3 heteroatoms. The Balaban J connectivity index is 2.01. The van der Waals surface area contributed by atoms with Gasteiger partial charge in [-0.25, -0.2) is 0 Å². The summed E-state index contributed by atoms with van der Waals surface area (Å²) in [4.78, 5) is 12.0. The zero-order valence-electron chi connectivity index (χ0n) is 13.0. The first-order valence-electron chi connectivity index (χ1n) is 7.99. The molecule has 1 aliphatic rings. The first kappa shape index (κ1) is 15.8. The van der Waals surface area contributed by atoms with E-state index in [0.29, 0.717) is 6.42 Å². The number of nitrogens with one attached hydrogen (secondary N) is 2. The Hall–Kier alpha value is -1.61. The summed E-state index contributed by atoms with van der Waals surface area (Å²) >= 11 is 0. The lowest BCUT2D eigenvalue weighted by Gasteiger charge is -2.14. The Morgan fingerprint density at radius 3 is 2.62 bits per heavy atom. The molecule has 0 aromatic heterocycles. The van der Waals surface area contributed by atoms with Crippen LogP contribution in [0, 0.1) is 0 Å². The second-order valence-corrected chi connectivity index (χ2v) is 5.75. The van der Waals surface area contributed by atoms with Crippen LogP contribution in [0.1, 0.15) is 44.6 Å². The van der Waals surface area contributed by atoms with Crippen LogP contribution in [0.25, 0.3) is 0 Å². The summed E-state index contributed by atoms with van der Waals surface area (Å²) in [7, 11) is 0.